The fourth-order valence-electron chi connectivity index (χ4n) is 2.69. The molecule has 3 heteroatoms. The number of aromatic nitrogens is 1. The third-order valence-electron chi connectivity index (χ3n) is 3.66. The average Bonchev–Trinajstić information content (AvgIpc) is 2.29. The van der Waals surface area contributed by atoms with Crippen molar-refractivity contribution in [3.8, 4) is 0 Å². The van der Waals surface area contributed by atoms with Crippen LogP contribution in [0.1, 0.15) is 48.7 Å². The molecule has 92 valence electrons. The van der Waals surface area contributed by atoms with E-state index in [1.165, 1.54) is 6.42 Å². The lowest BCUT2D eigenvalue weighted by Gasteiger charge is -2.35. The number of rotatable bonds is 2. The first kappa shape index (κ1) is 12.2. The van der Waals surface area contributed by atoms with Crippen LogP contribution in [0.3, 0.4) is 0 Å². The molecule has 3 nitrogen and oxygen atoms in total. The number of hydrogen-bond acceptors (Lipinski definition) is 3. The minimum Gasteiger partial charge on any atom is -0.319 e. The highest BCUT2D eigenvalue weighted by Gasteiger charge is 2.38. The number of carbonyl (C=O) groups excluding carboxylic acids is 1. The second kappa shape index (κ2) is 4.57. The highest BCUT2D eigenvalue weighted by atomic mass is 16.1. The fraction of sp³-hybridized carbons (Fsp3) is 0.571. The van der Waals surface area contributed by atoms with E-state index in [-0.39, 0.29) is 5.78 Å². The van der Waals surface area contributed by atoms with E-state index in [4.69, 9.17) is 5.73 Å². The van der Waals surface area contributed by atoms with Crippen LogP contribution in [-0.4, -0.2) is 16.3 Å². The molecule has 1 aliphatic carbocycles. The number of carbonyl (C=O) groups is 1. The van der Waals surface area contributed by atoms with Gasteiger partial charge in [0, 0.05) is 17.5 Å². The highest BCUT2D eigenvalue weighted by molar-refractivity contribution is 6.02. The van der Waals surface area contributed by atoms with Gasteiger partial charge in [-0.25, -0.2) is 0 Å². The Hall–Kier alpha value is -1.22. The summed E-state index contributed by atoms with van der Waals surface area (Å²) in [7, 11) is 0. The Morgan fingerprint density at radius 3 is 2.88 bits per heavy atom. The number of aryl methyl sites for hydroxylation is 1. The molecular weight excluding hydrogens is 212 g/mol. The normalized spacial score (nSPS) is 29.0. The van der Waals surface area contributed by atoms with Gasteiger partial charge in [-0.2, -0.15) is 0 Å². The zero-order chi connectivity index (χ0) is 12.5. The smallest absolute Gasteiger partial charge is 0.184 e. The largest absolute Gasteiger partial charge is 0.319 e. The molecule has 2 unspecified atom stereocenters. The zero-order valence-corrected chi connectivity index (χ0v) is 10.6. The number of pyridine rings is 1. The minimum absolute atomic E-state index is 0.0524. The first-order valence-corrected chi connectivity index (χ1v) is 6.27. The third-order valence-corrected chi connectivity index (χ3v) is 3.66. The van der Waals surface area contributed by atoms with Crippen LogP contribution in [0.25, 0.3) is 0 Å². The van der Waals surface area contributed by atoms with Crippen LogP contribution in [0.5, 0.6) is 0 Å². The van der Waals surface area contributed by atoms with Crippen LogP contribution >= 0.6 is 0 Å². The van der Waals surface area contributed by atoms with Crippen LogP contribution in [0, 0.1) is 12.8 Å². The van der Waals surface area contributed by atoms with Gasteiger partial charge in [0.1, 0.15) is 0 Å². The maximum atomic E-state index is 12.4. The van der Waals surface area contributed by atoms with Gasteiger partial charge in [0.15, 0.2) is 5.78 Å². The molecule has 1 heterocycles. The van der Waals surface area contributed by atoms with Crippen molar-refractivity contribution in [3.63, 3.8) is 0 Å². The maximum Gasteiger partial charge on any atom is 0.184 e. The van der Waals surface area contributed by atoms with Crippen LogP contribution < -0.4 is 5.73 Å². The Balaban J connectivity index is 2.21. The van der Waals surface area contributed by atoms with Gasteiger partial charge in [-0.15, -0.1) is 0 Å². The fourth-order valence-corrected chi connectivity index (χ4v) is 2.69. The monoisotopic (exact) mass is 232 g/mol. The topological polar surface area (TPSA) is 56.0 Å². The van der Waals surface area contributed by atoms with Crippen LogP contribution in [0.4, 0.5) is 0 Å². The number of ketones is 1. The quantitative estimate of drug-likeness (QED) is 0.797. The summed E-state index contributed by atoms with van der Waals surface area (Å²) in [6, 6.07) is 3.70. The van der Waals surface area contributed by atoms with Gasteiger partial charge in [0.25, 0.3) is 0 Å². The lowest BCUT2D eigenvalue weighted by Crippen LogP contribution is -2.51. The Morgan fingerprint density at radius 1 is 1.53 bits per heavy atom. The van der Waals surface area contributed by atoms with Crippen molar-refractivity contribution in [3.05, 3.63) is 29.6 Å². The second-order valence-corrected chi connectivity index (χ2v) is 5.38. The SMILES string of the molecule is Cc1ccc(C(=O)C2(N)CCCC(C)C2)cn1. The van der Waals surface area contributed by atoms with E-state index in [1.54, 1.807) is 6.20 Å². The molecule has 2 atom stereocenters. The first-order valence-electron chi connectivity index (χ1n) is 6.27. The molecule has 1 saturated carbocycles. The molecule has 0 spiro atoms. The van der Waals surface area contributed by atoms with Crippen LogP contribution in [0.15, 0.2) is 18.3 Å². The standard InChI is InChI=1S/C14H20N2O/c1-10-4-3-7-14(15,8-10)13(17)12-6-5-11(2)16-9-12/h5-6,9-10H,3-4,7-8,15H2,1-2H3. The molecule has 0 radical (unpaired) electrons. The summed E-state index contributed by atoms with van der Waals surface area (Å²) >= 11 is 0. The van der Waals surface area contributed by atoms with Crippen molar-refractivity contribution in [1.29, 1.82) is 0 Å². The molecule has 17 heavy (non-hydrogen) atoms. The maximum absolute atomic E-state index is 12.4. The average molecular weight is 232 g/mol. The summed E-state index contributed by atoms with van der Waals surface area (Å²) in [6.07, 6.45) is 5.45. The summed E-state index contributed by atoms with van der Waals surface area (Å²) in [5.41, 5.74) is 7.18. The van der Waals surface area contributed by atoms with E-state index in [1.807, 2.05) is 19.1 Å². The molecule has 1 fully saturated rings. The van der Waals surface area contributed by atoms with Gasteiger partial charge in [0.2, 0.25) is 0 Å². The third kappa shape index (κ3) is 2.55. The summed E-state index contributed by atoms with van der Waals surface area (Å²) in [5.74, 6) is 0.590. The van der Waals surface area contributed by atoms with E-state index < -0.39 is 5.54 Å². The molecule has 1 aromatic rings. The molecule has 0 aliphatic heterocycles. The van der Waals surface area contributed by atoms with Gasteiger partial charge in [-0.1, -0.05) is 19.8 Å². The van der Waals surface area contributed by atoms with Crippen molar-refractivity contribution in [2.45, 2.75) is 45.1 Å². The molecule has 2 N–H and O–H groups in total. The predicted octanol–water partition coefficient (Wildman–Crippen LogP) is 2.48. The van der Waals surface area contributed by atoms with Gasteiger partial charge in [-0.05, 0) is 37.8 Å². The van der Waals surface area contributed by atoms with Gasteiger partial charge < -0.3 is 5.73 Å². The van der Waals surface area contributed by atoms with E-state index >= 15 is 0 Å². The zero-order valence-electron chi connectivity index (χ0n) is 10.6. The Bertz CT molecular complexity index is 413. The molecule has 0 saturated heterocycles. The summed E-state index contributed by atoms with van der Waals surface area (Å²) < 4.78 is 0. The van der Waals surface area contributed by atoms with Crippen molar-refractivity contribution < 1.29 is 4.79 Å². The molecule has 0 amide bonds. The molecule has 0 bridgehead atoms. The Morgan fingerprint density at radius 2 is 2.29 bits per heavy atom. The minimum atomic E-state index is -0.672. The Labute approximate surface area is 102 Å². The predicted molar refractivity (Wildman–Crippen MR) is 67.9 cm³/mol. The Kier molecular flexibility index (Phi) is 3.29. The molecule has 2 rings (SSSR count). The number of nitrogens with zero attached hydrogens (tertiary/aromatic N) is 1. The van der Waals surface area contributed by atoms with Gasteiger partial charge in [-0.3, -0.25) is 9.78 Å². The van der Waals surface area contributed by atoms with E-state index in [2.05, 4.69) is 11.9 Å². The van der Waals surface area contributed by atoms with Crippen molar-refractivity contribution in [2.24, 2.45) is 11.7 Å². The highest BCUT2D eigenvalue weighted by Crippen LogP contribution is 2.32. The van der Waals surface area contributed by atoms with E-state index in [0.29, 0.717) is 11.5 Å². The van der Waals surface area contributed by atoms with Gasteiger partial charge in [0.05, 0.1) is 5.54 Å². The number of hydrogen-bond donors (Lipinski definition) is 1. The lowest BCUT2D eigenvalue weighted by atomic mass is 9.73. The van der Waals surface area contributed by atoms with Crippen molar-refractivity contribution in [2.75, 3.05) is 0 Å². The molecule has 1 aliphatic rings. The first-order chi connectivity index (χ1) is 8.01. The number of nitrogens with two attached hydrogens (primary N) is 1. The summed E-state index contributed by atoms with van der Waals surface area (Å²) in [6.45, 7) is 4.08. The second-order valence-electron chi connectivity index (χ2n) is 5.38. The van der Waals surface area contributed by atoms with Crippen LogP contribution in [-0.2, 0) is 0 Å². The summed E-state index contributed by atoms with van der Waals surface area (Å²) in [5, 5.41) is 0. The number of Topliss-reactive ketones (excluding diaryl/α,β-unsaturated/α-hetero) is 1. The summed E-state index contributed by atoms with van der Waals surface area (Å²) in [4.78, 5) is 16.6. The molecule has 0 aromatic carbocycles. The van der Waals surface area contributed by atoms with E-state index in [9.17, 15) is 4.79 Å². The van der Waals surface area contributed by atoms with Crippen molar-refractivity contribution in [1.82, 2.24) is 4.98 Å². The molecule has 1 aromatic heterocycles. The van der Waals surface area contributed by atoms with Crippen LogP contribution in [0.2, 0.25) is 0 Å². The van der Waals surface area contributed by atoms with Gasteiger partial charge >= 0.3 is 0 Å². The molecular formula is C14H20N2O. The van der Waals surface area contributed by atoms with Crippen molar-refractivity contribution >= 4 is 5.78 Å². The van der Waals surface area contributed by atoms with E-state index in [0.717, 1.165) is 25.0 Å². The lowest BCUT2D eigenvalue weighted by molar-refractivity contribution is 0.0819.